The molecule has 7 heteroatoms. The number of carbonyl (C=O) groups is 2. The second-order valence-corrected chi connectivity index (χ2v) is 7.68. The van der Waals surface area contributed by atoms with Crippen LogP contribution in [0, 0.1) is 5.92 Å². The minimum atomic E-state index is -1.04. The van der Waals surface area contributed by atoms with Crippen molar-refractivity contribution in [2.24, 2.45) is 5.92 Å². The Kier molecular flexibility index (Phi) is 9.02. The first-order valence-corrected chi connectivity index (χ1v) is 10.1. The Hall–Kier alpha value is -2.51. The number of aliphatic hydroxyl groups excluding tert-OH is 1. The van der Waals surface area contributed by atoms with Crippen LogP contribution in [0.1, 0.15) is 25.0 Å². The van der Waals surface area contributed by atoms with Crippen LogP contribution in [0.2, 0.25) is 0 Å². The van der Waals surface area contributed by atoms with Crippen LogP contribution in [-0.4, -0.2) is 34.6 Å². The highest BCUT2D eigenvalue weighted by atomic mass is 32.1. The molecule has 2 rings (SSSR count). The molecular formula is C22H28N2O4S. The maximum Gasteiger partial charge on any atom is 0.408 e. The van der Waals surface area contributed by atoms with Crippen LogP contribution in [0.5, 0.6) is 0 Å². The third kappa shape index (κ3) is 7.79. The summed E-state index contributed by atoms with van der Waals surface area (Å²) in [5.74, 6) is -0.570. The number of carbonyl (C=O) groups excluding carboxylic acids is 2. The van der Waals surface area contributed by atoms with E-state index in [1.807, 2.05) is 74.5 Å². The molecule has 0 unspecified atom stereocenters. The molecule has 0 bridgehead atoms. The fraction of sp³-hybridized carbons (Fsp3) is 0.364. The maximum atomic E-state index is 12.8. The van der Waals surface area contributed by atoms with Crippen molar-refractivity contribution >= 4 is 24.6 Å². The van der Waals surface area contributed by atoms with E-state index < -0.39 is 29.5 Å². The van der Waals surface area contributed by atoms with E-state index >= 15 is 0 Å². The fourth-order valence-electron chi connectivity index (χ4n) is 2.80. The van der Waals surface area contributed by atoms with Crippen molar-refractivity contribution in [3.05, 3.63) is 71.8 Å². The average molecular weight is 417 g/mol. The lowest BCUT2D eigenvalue weighted by atomic mass is 10.0. The molecule has 0 aromatic heterocycles. The number of ether oxygens (including phenoxy) is 1. The summed E-state index contributed by atoms with van der Waals surface area (Å²) in [5, 5.41) is 15.4. The van der Waals surface area contributed by atoms with Crippen LogP contribution in [-0.2, 0) is 22.6 Å². The van der Waals surface area contributed by atoms with Crippen LogP contribution >= 0.6 is 12.6 Å². The van der Waals surface area contributed by atoms with Gasteiger partial charge in [0, 0.05) is 0 Å². The Balaban J connectivity index is 1.95. The summed E-state index contributed by atoms with van der Waals surface area (Å²) in [6.07, 6.45) is -0.255. The zero-order chi connectivity index (χ0) is 21.2. The van der Waals surface area contributed by atoms with Crippen LogP contribution in [0.4, 0.5) is 4.79 Å². The molecule has 0 spiro atoms. The summed E-state index contributed by atoms with van der Waals surface area (Å²) in [5.41, 5.74) is 0.772. The predicted molar refractivity (Wildman–Crippen MR) is 115 cm³/mol. The molecule has 2 aromatic rings. The van der Waals surface area contributed by atoms with Gasteiger partial charge in [-0.15, -0.1) is 12.6 Å². The van der Waals surface area contributed by atoms with Gasteiger partial charge in [-0.25, -0.2) is 4.79 Å². The number of thiol groups is 1. The van der Waals surface area contributed by atoms with Gasteiger partial charge < -0.3 is 20.5 Å². The first-order chi connectivity index (χ1) is 13.9. The highest BCUT2D eigenvalue weighted by molar-refractivity contribution is 7.80. The topological polar surface area (TPSA) is 87.7 Å². The molecule has 0 aliphatic heterocycles. The Morgan fingerprint density at radius 1 is 0.966 bits per heavy atom. The number of benzene rings is 2. The summed E-state index contributed by atoms with van der Waals surface area (Å²) in [4.78, 5) is 24.9. The normalized spacial score (nSPS) is 14.0. The molecule has 2 aromatic carbocycles. The number of hydrogen-bond acceptors (Lipinski definition) is 5. The summed E-state index contributed by atoms with van der Waals surface area (Å²) in [7, 11) is 0. The molecule has 0 aliphatic carbocycles. The van der Waals surface area contributed by atoms with Gasteiger partial charge in [-0.1, -0.05) is 74.5 Å². The molecule has 29 heavy (non-hydrogen) atoms. The van der Waals surface area contributed by atoms with E-state index in [2.05, 4.69) is 23.3 Å². The molecule has 0 aliphatic rings. The zero-order valence-electron chi connectivity index (χ0n) is 16.6. The van der Waals surface area contributed by atoms with Gasteiger partial charge in [-0.2, -0.15) is 0 Å². The van der Waals surface area contributed by atoms with Crippen molar-refractivity contribution in [2.75, 3.05) is 0 Å². The molecule has 0 radical (unpaired) electrons. The third-order valence-corrected chi connectivity index (χ3v) is 4.78. The molecule has 0 saturated heterocycles. The number of nitrogens with one attached hydrogen (secondary N) is 2. The van der Waals surface area contributed by atoms with E-state index in [1.165, 1.54) is 0 Å². The van der Waals surface area contributed by atoms with Crippen LogP contribution in [0.3, 0.4) is 0 Å². The average Bonchev–Trinajstić information content (AvgIpc) is 2.71. The summed E-state index contributed by atoms with van der Waals surface area (Å²) >= 11 is 4.09. The van der Waals surface area contributed by atoms with Gasteiger partial charge in [-0.3, -0.25) is 4.79 Å². The van der Waals surface area contributed by atoms with Crippen molar-refractivity contribution < 1.29 is 19.4 Å². The highest BCUT2D eigenvalue weighted by Gasteiger charge is 2.28. The minimum absolute atomic E-state index is 0.116. The van der Waals surface area contributed by atoms with Gasteiger partial charge in [0.15, 0.2) is 0 Å². The SMILES string of the molecule is CC(C)[C@H](NC(=O)OCc1ccccc1)C(=O)N[C@@H](Cc1ccccc1)[C@H](O)S. The van der Waals surface area contributed by atoms with E-state index in [-0.39, 0.29) is 12.5 Å². The maximum absolute atomic E-state index is 12.8. The van der Waals surface area contributed by atoms with Gasteiger partial charge in [-0.05, 0) is 23.5 Å². The van der Waals surface area contributed by atoms with Crippen molar-refractivity contribution in [3.8, 4) is 0 Å². The highest BCUT2D eigenvalue weighted by Crippen LogP contribution is 2.11. The van der Waals surface area contributed by atoms with E-state index in [1.54, 1.807) is 0 Å². The molecule has 3 atom stereocenters. The lowest BCUT2D eigenvalue weighted by molar-refractivity contribution is -0.125. The summed E-state index contributed by atoms with van der Waals surface area (Å²) in [6, 6.07) is 17.4. The minimum Gasteiger partial charge on any atom is -0.445 e. The van der Waals surface area contributed by atoms with Gasteiger partial charge in [0.2, 0.25) is 5.91 Å². The van der Waals surface area contributed by atoms with E-state index in [9.17, 15) is 14.7 Å². The standard InChI is InChI=1S/C22H28N2O4S/c1-15(2)19(24-22(27)28-14-17-11-7-4-8-12-17)20(25)23-18(21(26)29)13-16-9-5-3-6-10-16/h3-12,15,18-19,21,26,29H,13-14H2,1-2H3,(H,23,25)(H,24,27)/t18-,19-,21+/m0/s1. The second kappa shape index (κ2) is 11.5. The Morgan fingerprint density at radius 3 is 2.03 bits per heavy atom. The van der Waals surface area contributed by atoms with E-state index in [4.69, 9.17) is 4.74 Å². The number of hydrogen-bond donors (Lipinski definition) is 4. The number of amides is 2. The molecule has 3 N–H and O–H groups in total. The van der Waals surface area contributed by atoms with Gasteiger partial charge in [0.25, 0.3) is 0 Å². The van der Waals surface area contributed by atoms with E-state index in [0.29, 0.717) is 6.42 Å². The molecule has 0 saturated carbocycles. The molecule has 6 nitrogen and oxygen atoms in total. The first-order valence-electron chi connectivity index (χ1n) is 9.54. The van der Waals surface area contributed by atoms with Crippen molar-refractivity contribution in [3.63, 3.8) is 0 Å². The van der Waals surface area contributed by atoms with E-state index in [0.717, 1.165) is 11.1 Å². The second-order valence-electron chi connectivity index (χ2n) is 7.15. The van der Waals surface area contributed by atoms with Gasteiger partial charge in [0.05, 0.1) is 6.04 Å². The summed E-state index contributed by atoms with van der Waals surface area (Å²) in [6.45, 7) is 3.77. The van der Waals surface area contributed by atoms with Gasteiger partial charge in [0.1, 0.15) is 18.1 Å². The van der Waals surface area contributed by atoms with Crippen molar-refractivity contribution in [1.29, 1.82) is 0 Å². The molecular weight excluding hydrogens is 388 g/mol. The zero-order valence-corrected chi connectivity index (χ0v) is 17.5. The largest absolute Gasteiger partial charge is 0.445 e. The van der Waals surface area contributed by atoms with Crippen molar-refractivity contribution in [1.82, 2.24) is 10.6 Å². The molecule has 0 heterocycles. The molecule has 2 amide bonds. The van der Waals surface area contributed by atoms with Crippen LogP contribution in [0.25, 0.3) is 0 Å². The third-order valence-electron chi connectivity index (χ3n) is 4.42. The monoisotopic (exact) mass is 416 g/mol. The molecule has 0 fully saturated rings. The Morgan fingerprint density at radius 2 is 1.52 bits per heavy atom. The lowest BCUT2D eigenvalue weighted by Gasteiger charge is -2.26. The fourth-order valence-corrected chi connectivity index (χ4v) is 2.98. The van der Waals surface area contributed by atoms with Crippen LogP contribution < -0.4 is 10.6 Å². The van der Waals surface area contributed by atoms with Crippen molar-refractivity contribution in [2.45, 2.75) is 44.4 Å². The number of aliphatic hydroxyl groups is 1. The molecule has 156 valence electrons. The number of alkyl carbamates (subject to hydrolysis) is 1. The Bertz CT molecular complexity index is 769. The first kappa shape index (κ1) is 22.8. The quantitative estimate of drug-likeness (QED) is 0.374. The smallest absolute Gasteiger partial charge is 0.408 e. The van der Waals surface area contributed by atoms with Gasteiger partial charge >= 0.3 is 6.09 Å². The summed E-state index contributed by atoms with van der Waals surface area (Å²) < 4.78 is 5.21. The lowest BCUT2D eigenvalue weighted by Crippen LogP contribution is -2.54. The predicted octanol–water partition coefficient (Wildman–Crippen LogP) is 2.91. The number of rotatable bonds is 9. The Labute approximate surface area is 177 Å². The van der Waals surface area contributed by atoms with Crippen LogP contribution in [0.15, 0.2) is 60.7 Å².